The molecule has 46 valence electrons. The molecule has 0 aliphatic carbocycles. The molecule has 0 heterocycles. The molecule has 0 aliphatic heterocycles. The quantitative estimate of drug-likeness (QED) is 0.583. The molecule has 0 aromatic heterocycles. The van der Waals surface area contributed by atoms with Gasteiger partial charge in [-0.15, -0.1) is 0 Å². The molecule has 0 fully saturated rings. The Morgan fingerprint density at radius 2 is 1.78 bits per heavy atom. The molecule has 0 nitrogen and oxygen atoms in total. The number of hydrogen-bond acceptors (Lipinski definition) is 0. The van der Waals surface area contributed by atoms with E-state index in [0.717, 1.165) is 0 Å². The van der Waals surface area contributed by atoms with Crippen molar-refractivity contribution in [3.63, 3.8) is 0 Å². The summed E-state index contributed by atoms with van der Waals surface area (Å²) in [6, 6.07) is 10.3. The highest BCUT2D eigenvalue weighted by Crippen LogP contribution is 1.93. The first kappa shape index (κ1) is 6.88. The van der Waals surface area contributed by atoms with Gasteiger partial charge >= 0.3 is 0 Å². The van der Waals surface area contributed by atoms with Gasteiger partial charge in [-0.1, -0.05) is 42.6 Å². The molecular weight excluding hydrogens is 175 g/mol. The summed E-state index contributed by atoms with van der Waals surface area (Å²) in [5, 5.41) is 0. The van der Waals surface area contributed by atoms with Crippen molar-refractivity contribution < 1.29 is 0 Å². The summed E-state index contributed by atoms with van der Waals surface area (Å²) in [4.78, 5) is 0. The first-order chi connectivity index (χ1) is 4.30. The molecule has 2 heteroatoms. The van der Waals surface area contributed by atoms with Crippen molar-refractivity contribution in [2.24, 2.45) is 0 Å². The van der Waals surface area contributed by atoms with E-state index in [0.29, 0.717) is 5.54 Å². The Balaban J connectivity index is 2.85. The number of hydrogen-bond donors (Lipinski definition) is 0. The van der Waals surface area contributed by atoms with Crippen LogP contribution >= 0.6 is 15.8 Å². The summed E-state index contributed by atoms with van der Waals surface area (Å²) >= 11 is 3.48. The van der Waals surface area contributed by atoms with Gasteiger partial charge in [0.15, 0.2) is 0 Å². The lowest BCUT2D eigenvalue weighted by molar-refractivity contribution is 1.76. The first-order valence-corrected chi connectivity index (χ1v) is 3.91. The van der Waals surface area contributed by atoms with E-state index in [9.17, 15) is 0 Å². The lowest BCUT2D eigenvalue weighted by atomic mass is 9.73. The Morgan fingerprint density at radius 1 is 1.22 bits per heavy atom. The van der Waals surface area contributed by atoms with E-state index < -0.39 is 0 Å². The zero-order valence-electron chi connectivity index (χ0n) is 5.34. The largest absolute Gasteiger partial charge is 0.251 e. The van der Waals surface area contributed by atoms with Crippen LogP contribution in [-0.2, 0) is 0 Å². The molecule has 0 radical (unpaired) electrons. The maximum absolute atomic E-state index is 3.48. The molecule has 0 unspecified atom stereocenters. The van der Waals surface area contributed by atoms with Crippen molar-refractivity contribution >= 4 is 26.8 Å². The van der Waals surface area contributed by atoms with Crippen molar-refractivity contribution in [2.45, 2.75) is 6.82 Å². The van der Waals surface area contributed by atoms with Crippen LogP contribution in [0.4, 0.5) is 0 Å². The van der Waals surface area contributed by atoms with Gasteiger partial charge in [0, 0.05) is 0 Å². The summed E-state index contributed by atoms with van der Waals surface area (Å²) in [5.74, 6) is 0. The SMILES string of the molecule is CB(Br)c1ccccc1. The first-order valence-electron chi connectivity index (χ1n) is 2.99. The number of halogens is 1. The predicted molar refractivity (Wildman–Crippen MR) is 46.6 cm³/mol. The lowest BCUT2D eigenvalue weighted by Gasteiger charge is -1.96. The third-order valence-corrected chi connectivity index (χ3v) is 1.79. The van der Waals surface area contributed by atoms with Crippen LogP contribution in [0.2, 0.25) is 6.82 Å². The highest BCUT2D eigenvalue weighted by molar-refractivity contribution is 9.25. The van der Waals surface area contributed by atoms with Crippen molar-refractivity contribution in [3.8, 4) is 0 Å². The normalized spacial score (nSPS) is 9.11. The fraction of sp³-hybridized carbons (Fsp3) is 0.143. The van der Waals surface area contributed by atoms with Gasteiger partial charge in [-0.05, 0) is 0 Å². The van der Waals surface area contributed by atoms with E-state index in [1.165, 1.54) is 5.46 Å². The van der Waals surface area contributed by atoms with Gasteiger partial charge in [-0.3, -0.25) is 0 Å². The number of rotatable bonds is 1. The van der Waals surface area contributed by atoms with Crippen molar-refractivity contribution in [3.05, 3.63) is 30.3 Å². The Kier molecular flexibility index (Phi) is 2.34. The van der Waals surface area contributed by atoms with Gasteiger partial charge in [0.05, 0.1) is 0 Å². The Bertz CT molecular complexity index is 172. The molecule has 1 aromatic rings. The van der Waals surface area contributed by atoms with Crippen LogP contribution in [0, 0.1) is 0 Å². The van der Waals surface area contributed by atoms with Gasteiger partial charge < -0.3 is 0 Å². The van der Waals surface area contributed by atoms with E-state index in [-0.39, 0.29) is 0 Å². The minimum Gasteiger partial charge on any atom is -0.150 e. The van der Waals surface area contributed by atoms with Crippen molar-refractivity contribution in [1.82, 2.24) is 0 Å². The summed E-state index contributed by atoms with van der Waals surface area (Å²) in [5.41, 5.74) is 1.80. The van der Waals surface area contributed by atoms with E-state index in [1.807, 2.05) is 18.2 Å². The molecule has 0 N–H and O–H groups in total. The predicted octanol–water partition coefficient (Wildman–Crippen LogP) is 1.91. The fourth-order valence-corrected chi connectivity index (χ4v) is 1.02. The molecule has 0 bridgehead atoms. The molecule has 0 saturated carbocycles. The maximum atomic E-state index is 3.48. The van der Waals surface area contributed by atoms with Crippen molar-refractivity contribution in [1.29, 1.82) is 0 Å². The van der Waals surface area contributed by atoms with E-state index in [2.05, 4.69) is 34.7 Å². The average Bonchev–Trinajstić information content (AvgIpc) is 1.90. The molecular formula is C7H8BBr. The molecule has 0 aliphatic rings. The van der Waals surface area contributed by atoms with Gasteiger partial charge in [-0.2, -0.15) is 15.8 Å². The summed E-state index contributed by atoms with van der Waals surface area (Å²) in [6.45, 7) is 2.12. The van der Waals surface area contributed by atoms with E-state index >= 15 is 0 Å². The van der Waals surface area contributed by atoms with Gasteiger partial charge in [0.1, 0.15) is 0 Å². The fourth-order valence-electron chi connectivity index (χ4n) is 0.718. The van der Waals surface area contributed by atoms with E-state index in [1.54, 1.807) is 0 Å². The van der Waals surface area contributed by atoms with Crippen LogP contribution in [0.1, 0.15) is 0 Å². The summed E-state index contributed by atoms with van der Waals surface area (Å²) < 4.78 is 0. The molecule has 0 saturated heterocycles. The average molecular weight is 183 g/mol. The minimum atomic E-state index is 0.471. The minimum absolute atomic E-state index is 0.471. The third kappa shape index (κ3) is 1.86. The van der Waals surface area contributed by atoms with E-state index in [4.69, 9.17) is 0 Å². The zero-order valence-corrected chi connectivity index (χ0v) is 6.93. The van der Waals surface area contributed by atoms with Crippen LogP contribution in [0.15, 0.2) is 30.3 Å². The molecule has 0 atom stereocenters. The second-order valence-electron chi connectivity index (χ2n) is 2.03. The maximum Gasteiger partial charge on any atom is 0.251 e. The van der Waals surface area contributed by atoms with Gasteiger partial charge in [-0.25, -0.2) is 0 Å². The molecule has 1 rings (SSSR count). The Morgan fingerprint density at radius 3 is 2.11 bits per heavy atom. The summed E-state index contributed by atoms with van der Waals surface area (Å²) in [6.07, 6.45) is 0. The second kappa shape index (κ2) is 3.07. The summed E-state index contributed by atoms with van der Waals surface area (Å²) in [7, 11) is 0. The lowest BCUT2D eigenvalue weighted by Crippen LogP contribution is -2.18. The standard InChI is InChI=1S/C7H8BBr/c1-8(9)7-5-3-2-4-6-7/h2-6H,1H3. The van der Waals surface area contributed by atoms with Crippen LogP contribution in [0.25, 0.3) is 0 Å². The monoisotopic (exact) mass is 182 g/mol. The topological polar surface area (TPSA) is 0 Å². The van der Waals surface area contributed by atoms with Gasteiger partial charge in [0.25, 0.3) is 5.54 Å². The Hall–Kier alpha value is -0.235. The molecule has 9 heavy (non-hydrogen) atoms. The molecule has 0 spiro atoms. The highest BCUT2D eigenvalue weighted by atomic mass is 79.9. The second-order valence-corrected chi connectivity index (χ2v) is 3.40. The van der Waals surface area contributed by atoms with Crippen LogP contribution in [-0.4, -0.2) is 5.54 Å². The zero-order chi connectivity index (χ0) is 6.69. The van der Waals surface area contributed by atoms with Crippen LogP contribution in [0.3, 0.4) is 0 Å². The van der Waals surface area contributed by atoms with Crippen LogP contribution < -0.4 is 5.46 Å². The molecule has 0 amide bonds. The van der Waals surface area contributed by atoms with Crippen LogP contribution in [0.5, 0.6) is 0 Å². The smallest absolute Gasteiger partial charge is 0.150 e. The van der Waals surface area contributed by atoms with Gasteiger partial charge in [0.2, 0.25) is 0 Å². The Labute approximate surface area is 64.3 Å². The third-order valence-electron chi connectivity index (χ3n) is 1.26. The molecule has 1 aromatic carbocycles. The van der Waals surface area contributed by atoms with Crippen molar-refractivity contribution in [2.75, 3.05) is 0 Å². The highest BCUT2D eigenvalue weighted by Gasteiger charge is 2.01. The number of benzene rings is 1.